The molecule has 0 aromatic rings. The van der Waals surface area contributed by atoms with Gasteiger partial charge in [-0.05, 0) is 78.1 Å². The summed E-state index contributed by atoms with van der Waals surface area (Å²) in [6.07, 6.45) is 19.5. The lowest BCUT2D eigenvalue weighted by Gasteiger charge is -2.31. The van der Waals surface area contributed by atoms with Crippen molar-refractivity contribution in [2.24, 2.45) is 17.8 Å². The van der Waals surface area contributed by atoms with Crippen molar-refractivity contribution >= 4 is 11.9 Å². The van der Waals surface area contributed by atoms with Crippen molar-refractivity contribution in [3.63, 3.8) is 0 Å². The van der Waals surface area contributed by atoms with Crippen LogP contribution < -0.4 is 0 Å². The second-order valence-corrected chi connectivity index (χ2v) is 12.1. The van der Waals surface area contributed by atoms with Crippen molar-refractivity contribution in [3.8, 4) is 0 Å². The average molecular weight is 525 g/mol. The number of allylic oxidation sites excluding steroid dienone is 2. The van der Waals surface area contributed by atoms with Crippen LogP contribution in [0.1, 0.15) is 145 Å². The van der Waals surface area contributed by atoms with Gasteiger partial charge in [0.15, 0.2) is 0 Å². The van der Waals surface area contributed by atoms with E-state index in [2.05, 4.69) is 19.1 Å². The summed E-state index contributed by atoms with van der Waals surface area (Å²) in [5.41, 5.74) is -0.916. The standard InChI is InChI=1S/C31H56O6/c1-8-11-12-16-19-25-22-23-26(27(24-25)29(33)35-37-31(6,7)10-3)20-17-14-13-15-18-21-28(32)34-36-30(4,5)9-2/h22-23,25-27H,8-21,24H2,1-7H3. The van der Waals surface area contributed by atoms with E-state index in [1.807, 2.05) is 41.5 Å². The molecule has 6 heteroatoms. The lowest BCUT2D eigenvalue weighted by Crippen LogP contribution is -2.33. The highest BCUT2D eigenvalue weighted by Gasteiger charge is 2.34. The molecule has 0 radical (unpaired) electrons. The minimum Gasteiger partial charge on any atom is -0.298 e. The topological polar surface area (TPSA) is 71.1 Å². The van der Waals surface area contributed by atoms with E-state index in [0.29, 0.717) is 12.3 Å². The minimum absolute atomic E-state index is 0.143. The molecule has 0 aromatic heterocycles. The van der Waals surface area contributed by atoms with Crippen LogP contribution in [-0.2, 0) is 29.1 Å². The number of carbonyl (C=O) groups excluding carboxylic acids is 2. The Balaban J connectivity index is 2.44. The number of hydrogen-bond acceptors (Lipinski definition) is 6. The predicted molar refractivity (Wildman–Crippen MR) is 148 cm³/mol. The van der Waals surface area contributed by atoms with Crippen LogP contribution in [-0.4, -0.2) is 23.1 Å². The molecule has 0 fully saturated rings. The van der Waals surface area contributed by atoms with Gasteiger partial charge in [-0.1, -0.05) is 84.3 Å². The van der Waals surface area contributed by atoms with E-state index in [9.17, 15) is 9.59 Å². The van der Waals surface area contributed by atoms with E-state index in [-0.39, 0.29) is 23.8 Å². The zero-order valence-electron chi connectivity index (χ0n) is 24.9. The van der Waals surface area contributed by atoms with Crippen molar-refractivity contribution in [2.45, 2.75) is 156 Å². The van der Waals surface area contributed by atoms with Crippen LogP contribution in [0.15, 0.2) is 12.2 Å². The Morgan fingerprint density at radius 2 is 1.30 bits per heavy atom. The molecule has 0 N–H and O–H groups in total. The molecule has 3 atom stereocenters. The number of unbranched alkanes of at least 4 members (excludes halogenated alkanes) is 7. The van der Waals surface area contributed by atoms with Gasteiger partial charge >= 0.3 is 11.9 Å². The van der Waals surface area contributed by atoms with Crippen LogP contribution in [0.3, 0.4) is 0 Å². The summed E-state index contributed by atoms with van der Waals surface area (Å²) in [7, 11) is 0. The van der Waals surface area contributed by atoms with Gasteiger partial charge in [-0.15, -0.1) is 0 Å². The molecule has 0 bridgehead atoms. The molecule has 216 valence electrons. The number of rotatable bonds is 20. The average Bonchev–Trinajstić information content (AvgIpc) is 2.88. The van der Waals surface area contributed by atoms with E-state index in [4.69, 9.17) is 19.6 Å². The van der Waals surface area contributed by atoms with E-state index in [1.54, 1.807) is 0 Å². The van der Waals surface area contributed by atoms with Crippen molar-refractivity contribution in [3.05, 3.63) is 12.2 Å². The smallest absolute Gasteiger partial charge is 0.298 e. The predicted octanol–water partition coefficient (Wildman–Crippen LogP) is 8.82. The molecular formula is C31H56O6. The van der Waals surface area contributed by atoms with Gasteiger partial charge in [-0.3, -0.25) is 9.78 Å². The number of hydrogen-bond donors (Lipinski definition) is 0. The maximum absolute atomic E-state index is 13.0. The lowest BCUT2D eigenvalue weighted by atomic mass is 9.75. The molecule has 0 aliphatic heterocycles. The Kier molecular flexibility index (Phi) is 16.3. The van der Waals surface area contributed by atoms with Crippen LogP contribution in [0.5, 0.6) is 0 Å². The van der Waals surface area contributed by atoms with Gasteiger partial charge in [0.25, 0.3) is 0 Å². The molecular weight excluding hydrogens is 468 g/mol. The zero-order valence-corrected chi connectivity index (χ0v) is 24.9. The van der Waals surface area contributed by atoms with Crippen LogP contribution in [0.25, 0.3) is 0 Å². The van der Waals surface area contributed by atoms with Crippen molar-refractivity contribution in [1.82, 2.24) is 0 Å². The molecule has 0 spiro atoms. The third-order valence-corrected chi connectivity index (χ3v) is 7.77. The molecule has 0 saturated carbocycles. The molecule has 0 heterocycles. The third-order valence-electron chi connectivity index (χ3n) is 7.77. The summed E-state index contributed by atoms with van der Waals surface area (Å²) >= 11 is 0. The molecule has 3 unspecified atom stereocenters. The first kappa shape index (κ1) is 33.6. The SMILES string of the molecule is CCCCCCC1C=CC(CCCCCCCC(=O)OOC(C)(C)CC)C(C(=O)OOC(C)(C)CC)C1. The first-order valence-electron chi connectivity index (χ1n) is 15.0. The highest BCUT2D eigenvalue weighted by molar-refractivity contribution is 5.72. The Bertz CT molecular complexity index is 669. The zero-order chi connectivity index (χ0) is 27.7. The molecule has 0 aromatic carbocycles. The summed E-state index contributed by atoms with van der Waals surface area (Å²) in [4.78, 5) is 45.9. The van der Waals surface area contributed by atoms with Gasteiger partial charge in [0.2, 0.25) is 0 Å². The Morgan fingerprint density at radius 3 is 1.95 bits per heavy atom. The summed E-state index contributed by atoms with van der Waals surface area (Å²) < 4.78 is 0. The van der Waals surface area contributed by atoms with Gasteiger partial charge < -0.3 is 0 Å². The normalized spacial score (nSPS) is 20.1. The first-order chi connectivity index (χ1) is 17.5. The first-order valence-corrected chi connectivity index (χ1v) is 15.0. The Morgan fingerprint density at radius 1 is 0.730 bits per heavy atom. The van der Waals surface area contributed by atoms with Crippen molar-refractivity contribution in [2.75, 3.05) is 0 Å². The lowest BCUT2D eigenvalue weighted by molar-refractivity contribution is -0.329. The maximum Gasteiger partial charge on any atom is 0.346 e. The summed E-state index contributed by atoms with van der Waals surface area (Å²) in [6.45, 7) is 13.9. The molecule has 0 saturated heterocycles. The van der Waals surface area contributed by atoms with E-state index in [0.717, 1.165) is 64.2 Å². The largest absolute Gasteiger partial charge is 0.346 e. The highest BCUT2D eigenvalue weighted by atomic mass is 17.2. The molecule has 0 amide bonds. The fraction of sp³-hybridized carbons (Fsp3) is 0.871. The minimum atomic E-state index is -0.472. The summed E-state index contributed by atoms with van der Waals surface area (Å²) in [5.74, 6) is -0.0245. The van der Waals surface area contributed by atoms with Crippen LogP contribution in [0.4, 0.5) is 0 Å². The van der Waals surface area contributed by atoms with Crippen molar-refractivity contribution in [1.29, 1.82) is 0 Å². The summed E-state index contributed by atoms with van der Waals surface area (Å²) in [5, 5.41) is 0. The van der Waals surface area contributed by atoms with Crippen LogP contribution in [0, 0.1) is 17.8 Å². The van der Waals surface area contributed by atoms with Crippen molar-refractivity contribution < 1.29 is 29.1 Å². The second kappa shape index (κ2) is 18.0. The maximum atomic E-state index is 13.0. The molecule has 1 aliphatic rings. The van der Waals surface area contributed by atoms with Gasteiger partial charge in [-0.25, -0.2) is 9.59 Å². The van der Waals surface area contributed by atoms with Gasteiger partial charge in [0.05, 0.1) is 5.92 Å². The fourth-order valence-corrected chi connectivity index (χ4v) is 4.34. The van der Waals surface area contributed by atoms with Gasteiger partial charge in [0.1, 0.15) is 11.2 Å². The fourth-order valence-electron chi connectivity index (χ4n) is 4.34. The Labute approximate surface area is 227 Å². The number of carbonyl (C=O) groups is 2. The molecule has 6 nitrogen and oxygen atoms in total. The van der Waals surface area contributed by atoms with Crippen LogP contribution >= 0.6 is 0 Å². The van der Waals surface area contributed by atoms with Gasteiger partial charge in [0, 0.05) is 6.42 Å². The van der Waals surface area contributed by atoms with Crippen LogP contribution in [0.2, 0.25) is 0 Å². The van der Waals surface area contributed by atoms with E-state index < -0.39 is 11.2 Å². The highest BCUT2D eigenvalue weighted by Crippen LogP contribution is 2.35. The quantitative estimate of drug-likeness (QED) is 0.0685. The monoisotopic (exact) mass is 524 g/mol. The summed E-state index contributed by atoms with van der Waals surface area (Å²) in [6, 6.07) is 0. The van der Waals surface area contributed by atoms with E-state index >= 15 is 0 Å². The molecule has 1 aliphatic carbocycles. The molecule has 37 heavy (non-hydrogen) atoms. The van der Waals surface area contributed by atoms with E-state index in [1.165, 1.54) is 25.7 Å². The molecule has 1 rings (SSSR count). The third kappa shape index (κ3) is 14.9. The second-order valence-electron chi connectivity index (χ2n) is 12.1. The Hall–Kier alpha value is -1.40. The van der Waals surface area contributed by atoms with Gasteiger partial charge in [-0.2, -0.15) is 9.78 Å².